The molecule has 0 fully saturated rings. The molecule has 6 nitrogen and oxygen atoms in total. The van der Waals surface area contributed by atoms with Crippen LogP contribution in [0.3, 0.4) is 0 Å². The van der Waals surface area contributed by atoms with Crippen molar-refractivity contribution in [2.45, 2.75) is 51.2 Å². The van der Waals surface area contributed by atoms with Gasteiger partial charge >= 0.3 is 5.97 Å². The highest BCUT2D eigenvalue weighted by molar-refractivity contribution is 5.99. The van der Waals surface area contributed by atoms with E-state index in [0.29, 0.717) is 36.7 Å². The maximum atomic E-state index is 13.7. The molecule has 0 saturated carbocycles. The number of carboxylic acids is 1. The molecule has 1 heterocycles. The molecule has 35 heavy (non-hydrogen) atoms. The van der Waals surface area contributed by atoms with Crippen LogP contribution >= 0.6 is 0 Å². The number of nitrogens with zero attached hydrogens (tertiary/aromatic N) is 1. The molecule has 0 aromatic heterocycles. The van der Waals surface area contributed by atoms with Gasteiger partial charge in [0.2, 0.25) is 5.91 Å². The highest BCUT2D eigenvalue weighted by Crippen LogP contribution is 2.32. The third-order valence-corrected chi connectivity index (χ3v) is 6.38. The van der Waals surface area contributed by atoms with E-state index >= 15 is 0 Å². The lowest BCUT2D eigenvalue weighted by molar-refractivity contribution is -0.140. The van der Waals surface area contributed by atoms with E-state index in [4.69, 9.17) is 4.74 Å². The Hall–Kier alpha value is -3.64. The summed E-state index contributed by atoms with van der Waals surface area (Å²) < 4.78 is 5.98. The van der Waals surface area contributed by atoms with Gasteiger partial charge in [-0.1, -0.05) is 80.6 Å². The van der Waals surface area contributed by atoms with Crippen LogP contribution < -0.4 is 15.0 Å². The largest absolute Gasteiger partial charge is 0.489 e. The monoisotopic (exact) mass is 472 g/mol. The molecular weight excluding hydrogens is 440 g/mol. The zero-order valence-electron chi connectivity index (χ0n) is 20.2. The van der Waals surface area contributed by atoms with Gasteiger partial charge in [-0.15, -0.1) is 0 Å². The van der Waals surface area contributed by atoms with Gasteiger partial charge in [-0.25, -0.2) is 0 Å². The molecule has 0 bridgehead atoms. The number of rotatable bonds is 9. The first-order valence-corrected chi connectivity index (χ1v) is 12.1. The van der Waals surface area contributed by atoms with Gasteiger partial charge in [-0.05, 0) is 47.6 Å². The van der Waals surface area contributed by atoms with Crippen LogP contribution in [-0.2, 0) is 22.6 Å². The summed E-state index contributed by atoms with van der Waals surface area (Å²) in [5, 5.41) is 12.9. The SMILES string of the molecule is CC(C)c1ccc(CN2C(=O)[C@@H](N[C@@H](CCc3ccccc3)C(=O)O)COc3ccccc32)cc1. The van der Waals surface area contributed by atoms with Crippen molar-refractivity contribution in [1.82, 2.24) is 5.32 Å². The second kappa shape index (κ2) is 11.2. The number of carbonyl (C=O) groups excluding carboxylic acids is 1. The maximum absolute atomic E-state index is 13.7. The summed E-state index contributed by atoms with van der Waals surface area (Å²) in [5.41, 5.74) is 3.98. The van der Waals surface area contributed by atoms with Gasteiger partial charge < -0.3 is 14.7 Å². The second-order valence-electron chi connectivity index (χ2n) is 9.23. The first-order chi connectivity index (χ1) is 16.9. The van der Waals surface area contributed by atoms with Gasteiger partial charge in [0.05, 0.1) is 12.2 Å². The predicted octanol–water partition coefficient (Wildman–Crippen LogP) is 4.78. The molecule has 0 aliphatic carbocycles. The van der Waals surface area contributed by atoms with Gasteiger partial charge in [0.25, 0.3) is 0 Å². The van der Waals surface area contributed by atoms with Crippen molar-refractivity contribution in [3.05, 3.63) is 95.6 Å². The standard InChI is InChI=1S/C29H32N2O4/c1-20(2)23-15-12-22(13-16-23)18-31-26-10-6-7-11-27(26)35-19-25(28(31)32)30-24(29(33)34)17-14-21-8-4-3-5-9-21/h3-13,15-16,20,24-25,30H,14,17-19H2,1-2H3,(H,33,34)/t24-,25-/m0/s1. The average molecular weight is 473 g/mol. The predicted molar refractivity (Wildman–Crippen MR) is 137 cm³/mol. The average Bonchev–Trinajstić information content (AvgIpc) is 2.99. The third-order valence-electron chi connectivity index (χ3n) is 6.38. The molecule has 3 aromatic carbocycles. The normalized spacial score (nSPS) is 16.4. The number of carbonyl (C=O) groups is 2. The van der Waals surface area contributed by atoms with Gasteiger partial charge in [-0.2, -0.15) is 0 Å². The Labute approximate surface area is 206 Å². The van der Waals surface area contributed by atoms with Gasteiger partial charge in [0.1, 0.15) is 24.4 Å². The van der Waals surface area contributed by atoms with Gasteiger partial charge in [0.15, 0.2) is 0 Å². The zero-order valence-corrected chi connectivity index (χ0v) is 20.2. The molecule has 1 aliphatic heterocycles. The summed E-state index contributed by atoms with van der Waals surface area (Å²) >= 11 is 0. The number of hydrogen-bond donors (Lipinski definition) is 2. The molecule has 1 aliphatic rings. The Balaban J connectivity index is 1.54. The lowest BCUT2D eigenvalue weighted by atomic mass is 10.0. The van der Waals surface area contributed by atoms with E-state index in [1.54, 1.807) is 4.90 Å². The minimum Gasteiger partial charge on any atom is -0.489 e. The molecule has 0 radical (unpaired) electrons. The number of aliphatic carboxylic acids is 1. The number of ether oxygens (including phenoxy) is 1. The molecule has 1 amide bonds. The molecule has 182 valence electrons. The number of amides is 1. The minimum absolute atomic E-state index is 0.0632. The van der Waals surface area contributed by atoms with Crippen molar-refractivity contribution in [2.24, 2.45) is 0 Å². The molecule has 0 unspecified atom stereocenters. The Morgan fingerprint density at radius 1 is 1.00 bits per heavy atom. The molecular formula is C29H32N2O4. The van der Waals surface area contributed by atoms with Crippen molar-refractivity contribution in [1.29, 1.82) is 0 Å². The van der Waals surface area contributed by atoms with Crippen LogP contribution in [0.4, 0.5) is 5.69 Å². The summed E-state index contributed by atoms with van der Waals surface area (Å²) in [6.07, 6.45) is 0.964. The van der Waals surface area contributed by atoms with Gasteiger partial charge in [0, 0.05) is 0 Å². The molecule has 2 N–H and O–H groups in total. The number of hydrogen-bond acceptors (Lipinski definition) is 4. The minimum atomic E-state index is -0.980. The molecule has 0 spiro atoms. The summed E-state index contributed by atoms with van der Waals surface area (Å²) in [5.74, 6) is -0.143. The van der Waals surface area contributed by atoms with Crippen molar-refractivity contribution in [3.63, 3.8) is 0 Å². The molecule has 4 rings (SSSR count). The Morgan fingerprint density at radius 3 is 2.37 bits per heavy atom. The Morgan fingerprint density at radius 2 is 1.69 bits per heavy atom. The van der Waals surface area contributed by atoms with Crippen LogP contribution in [-0.4, -0.2) is 35.7 Å². The van der Waals surface area contributed by atoms with Crippen molar-refractivity contribution >= 4 is 17.6 Å². The van der Waals surface area contributed by atoms with E-state index in [-0.39, 0.29) is 12.5 Å². The molecule has 6 heteroatoms. The van der Waals surface area contributed by atoms with Crippen LogP contribution in [0.25, 0.3) is 0 Å². The fourth-order valence-electron chi connectivity index (χ4n) is 4.30. The maximum Gasteiger partial charge on any atom is 0.320 e. The molecule has 3 aromatic rings. The number of anilines is 1. The first kappa shape index (κ1) is 24.5. The Kier molecular flexibility index (Phi) is 7.83. The fourth-order valence-corrected chi connectivity index (χ4v) is 4.30. The van der Waals surface area contributed by atoms with Crippen molar-refractivity contribution in [2.75, 3.05) is 11.5 Å². The van der Waals surface area contributed by atoms with E-state index in [0.717, 1.165) is 11.1 Å². The summed E-state index contributed by atoms with van der Waals surface area (Å²) in [6.45, 7) is 4.73. The van der Waals surface area contributed by atoms with Crippen LogP contribution in [0.15, 0.2) is 78.9 Å². The second-order valence-corrected chi connectivity index (χ2v) is 9.23. The van der Waals surface area contributed by atoms with Gasteiger partial charge in [-0.3, -0.25) is 14.9 Å². The summed E-state index contributed by atoms with van der Waals surface area (Å²) in [7, 11) is 0. The van der Waals surface area contributed by atoms with E-state index in [1.807, 2.05) is 66.7 Å². The van der Waals surface area contributed by atoms with Crippen molar-refractivity contribution in [3.8, 4) is 5.75 Å². The fraction of sp³-hybridized carbons (Fsp3) is 0.310. The van der Waals surface area contributed by atoms with E-state index in [1.165, 1.54) is 5.56 Å². The van der Waals surface area contributed by atoms with Crippen LogP contribution in [0.5, 0.6) is 5.75 Å². The van der Waals surface area contributed by atoms with Crippen LogP contribution in [0.1, 0.15) is 42.9 Å². The van der Waals surface area contributed by atoms with E-state index in [2.05, 4.69) is 31.3 Å². The Bertz CT molecular complexity index is 1140. The lowest BCUT2D eigenvalue weighted by Crippen LogP contribution is -2.53. The smallest absolute Gasteiger partial charge is 0.320 e. The zero-order chi connectivity index (χ0) is 24.8. The van der Waals surface area contributed by atoms with E-state index in [9.17, 15) is 14.7 Å². The topological polar surface area (TPSA) is 78.9 Å². The van der Waals surface area contributed by atoms with Crippen molar-refractivity contribution < 1.29 is 19.4 Å². The number of aryl methyl sites for hydroxylation is 1. The molecule has 0 saturated heterocycles. The third kappa shape index (κ3) is 6.08. The first-order valence-electron chi connectivity index (χ1n) is 12.1. The number of nitrogens with one attached hydrogen (secondary N) is 1. The summed E-state index contributed by atoms with van der Waals surface area (Å²) in [4.78, 5) is 27.4. The van der Waals surface area contributed by atoms with Crippen LogP contribution in [0, 0.1) is 0 Å². The lowest BCUT2D eigenvalue weighted by Gasteiger charge is -2.27. The quantitative estimate of drug-likeness (QED) is 0.469. The molecule has 2 atom stereocenters. The number of benzene rings is 3. The number of para-hydroxylation sites is 2. The number of fused-ring (bicyclic) bond motifs is 1. The highest BCUT2D eigenvalue weighted by Gasteiger charge is 2.34. The summed E-state index contributed by atoms with van der Waals surface area (Å²) in [6, 6.07) is 23.8. The number of carboxylic acid groups (broad SMARTS) is 1. The highest BCUT2D eigenvalue weighted by atomic mass is 16.5. The van der Waals surface area contributed by atoms with E-state index < -0.39 is 18.1 Å². The van der Waals surface area contributed by atoms with Crippen LogP contribution in [0.2, 0.25) is 0 Å².